The fourth-order valence-electron chi connectivity index (χ4n) is 1.98. The van der Waals surface area contributed by atoms with Crippen molar-refractivity contribution in [2.75, 3.05) is 0 Å². The molecule has 0 aliphatic carbocycles. The number of fused-ring (bicyclic) bond motifs is 1. The van der Waals surface area contributed by atoms with Gasteiger partial charge in [0.1, 0.15) is 11.4 Å². The van der Waals surface area contributed by atoms with Gasteiger partial charge in [-0.15, -0.1) is 0 Å². The van der Waals surface area contributed by atoms with Crippen LogP contribution in [0.3, 0.4) is 0 Å². The molecule has 1 aromatic heterocycles. The van der Waals surface area contributed by atoms with Gasteiger partial charge in [0, 0.05) is 6.20 Å². The van der Waals surface area contributed by atoms with E-state index in [4.69, 9.17) is 4.43 Å². The third-order valence-electron chi connectivity index (χ3n) is 2.70. The van der Waals surface area contributed by atoms with Crippen LogP contribution in [0, 0.1) is 0 Å². The predicted octanol–water partition coefficient (Wildman–Crippen LogP) is 3.48. The van der Waals surface area contributed by atoms with E-state index in [0.29, 0.717) is 0 Å². The minimum Gasteiger partial charge on any atom is -0.539 e. The van der Waals surface area contributed by atoms with Gasteiger partial charge < -0.3 is 4.43 Å². The van der Waals surface area contributed by atoms with Crippen molar-refractivity contribution >= 4 is 21.6 Å². The van der Waals surface area contributed by atoms with Crippen molar-refractivity contribution in [2.24, 2.45) is 0 Å². The zero-order chi connectivity index (χ0) is 12.0. The second-order valence-corrected chi connectivity index (χ2v) is 14.6. The Morgan fingerprint density at radius 2 is 1.94 bits per heavy atom. The van der Waals surface area contributed by atoms with E-state index in [2.05, 4.69) is 43.4 Å². The Balaban J connectivity index is 2.61. The first-order valence-electron chi connectivity index (χ1n) is 5.67. The maximum Gasteiger partial charge on any atom is 0.269 e. The molecule has 1 aliphatic rings. The molecule has 16 heavy (non-hydrogen) atoms. The zero-order valence-electron chi connectivity index (χ0n) is 10.7. The maximum atomic E-state index is 6.07. The van der Waals surface area contributed by atoms with E-state index in [1.807, 2.05) is 18.3 Å². The Bertz CT molecular complexity index is 447. The molecule has 1 aliphatic heterocycles. The number of hydrogen-bond acceptors (Lipinski definition) is 2. The fraction of sp³-hybridized carbons (Fsp3) is 0.417. The number of nitrogens with zero attached hydrogens (tertiary/aromatic N) is 1. The summed E-state index contributed by atoms with van der Waals surface area (Å²) in [5.74, 6) is 0.985. The van der Waals surface area contributed by atoms with Crippen LogP contribution < -0.4 is 4.43 Å². The van der Waals surface area contributed by atoms with Gasteiger partial charge in [0.15, 0.2) is 0 Å². The maximum absolute atomic E-state index is 6.07. The SMILES string of the molecule is C[Si]1(C)C=C([Si](C)(C)C)c2ncccc2O1. The molecule has 0 radical (unpaired) electrons. The summed E-state index contributed by atoms with van der Waals surface area (Å²) in [6.45, 7) is 11.6. The molecule has 2 heterocycles. The van der Waals surface area contributed by atoms with Crippen LogP contribution in [0.4, 0.5) is 0 Å². The Labute approximate surface area is 99.5 Å². The standard InChI is InChI=1S/C12H19NOSi2/c1-15(2,3)11-9-16(4,5)14-10-7-6-8-13-12(10)11/h6-9H,1-5H3. The predicted molar refractivity (Wildman–Crippen MR) is 73.7 cm³/mol. The lowest BCUT2D eigenvalue weighted by atomic mass is 10.3. The van der Waals surface area contributed by atoms with Gasteiger partial charge in [-0.25, -0.2) is 0 Å². The average Bonchev–Trinajstić information content (AvgIpc) is 2.13. The van der Waals surface area contributed by atoms with Crippen molar-refractivity contribution in [3.63, 3.8) is 0 Å². The van der Waals surface area contributed by atoms with E-state index in [-0.39, 0.29) is 0 Å². The van der Waals surface area contributed by atoms with E-state index in [1.165, 1.54) is 5.20 Å². The first kappa shape index (κ1) is 11.6. The summed E-state index contributed by atoms with van der Waals surface area (Å²) in [6, 6.07) is 4.00. The van der Waals surface area contributed by atoms with Gasteiger partial charge in [-0.2, -0.15) is 0 Å². The molecule has 0 spiro atoms. The quantitative estimate of drug-likeness (QED) is 0.711. The summed E-state index contributed by atoms with van der Waals surface area (Å²) in [6.07, 6.45) is 1.86. The molecule has 0 atom stereocenters. The van der Waals surface area contributed by atoms with Crippen molar-refractivity contribution in [1.29, 1.82) is 0 Å². The van der Waals surface area contributed by atoms with Gasteiger partial charge in [-0.3, -0.25) is 4.98 Å². The van der Waals surface area contributed by atoms with Crippen LogP contribution in [0.5, 0.6) is 5.75 Å². The zero-order valence-corrected chi connectivity index (χ0v) is 12.7. The first-order chi connectivity index (χ1) is 7.30. The van der Waals surface area contributed by atoms with Gasteiger partial charge >= 0.3 is 0 Å². The van der Waals surface area contributed by atoms with Crippen LogP contribution >= 0.6 is 0 Å². The molecule has 2 rings (SSSR count). The molecule has 86 valence electrons. The Kier molecular flexibility index (Phi) is 2.59. The van der Waals surface area contributed by atoms with Gasteiger partial charge in [0.2, 0.25) is 0 Å². The third-order valence-corrected chi connectivity index (χ3v) is 6.71. The van der Waals surface area contributed by atoms with Crippen molar-refractivity contribution in [3.05, 3.63) is 29.7 Å². The summed E-state index contributed by atoms with van der Waals surface area (Å²) in [5.41, 5.74) is 3.46. The first-order valence-corrected chi connectivity index (χ1v) is 12.2. The van der Waals surface area contributed by atoms with Crippen molar-refractivity contribution < 1.29 is 4.43 Å². The smallest absolute Gasteiger partial charge is 0.269 e. The van der Waals surface area contributed by atoms with Gasteiger partial charge in [0.05, 0.1) is 8.07 Å². The number of pyridine rings is 1. The van der Waals surface area contributed by atoms with Gasteiger partial charge in [0.25, 0.3) is 8.32 Å². The molecule has 0 saturated carbocycles. The lowest BCUT2D eigenvalue weighted by Crippen LogP contribution is -2.39. The van der Waals surface area contributed by atoms with Crippen LogP contribution in [0.15, 0.2) is 24.0 Å². The lowest BCUT2D eigenvalue weighted by molar-refractivity contribution is 0.554. The Hall–Kier alpha value is -0.876. The number of hydrogen-bond donors (Lipinski definition) is 0. The largest absolute Gasteiger partial charge is 0.539 e. The Morgan fingerprint density at radius 1 is 1.25 bits per heavy atom. The molecule has 0 saturated heterocycles. The second-order valence-electron chi connectivity index (χ2n) is 5.86. The molecule has 0 N–H and O–H groups in total. The van der Waals surface area contributed by atoms with Crippen LogP contribution in [-0.2, 0) is 0 Å². The van der Waals surface area contributed by atoms with Crippen LogP contribution in [0.25, 0.3) is 5.20 Å². The number of rotatable bonds is 1. The summed E-state index contributed by atoms with van der Waals surface area (Å²) in [4.78, 5) is 4.50. The highest BCUT2D eigenvalue weighted by atomic mass is 28.4. The molecule has 2 nitrogen and oxygen atoms in total. The summed E-state index contributed by atoms with van der Waals surface area (Å²) >= 11 is 0. The molecule has 0 aromatic carbocycles. The minimum absolute atomic E-state index is 0.985. The van der Waals surface area contributed by atoms with Crippen molar-refractivity contribution in [2.45, 2.75) is 32.7 Å². The third kappa shape index (κ3) is 2.13. The molecule has 1 aromatic rings. The molecule has 0 fully saturated rings. The topological polar surface area (TPSA) is 22.1 Å². The van der Waals surface area contributed by atoms with E-state index in [1.54, 1.807) is 0 Å². The molecule has 0 bridgehead atoms. The average molecular weight is 249 g/mol. The summed E-state index contributed by atoms with van der Waals surface area (Å²) < 4.78 is 6.07. The second kappa shape index (κ2) is 3.56. The van der Waals surface area contributed by atoms with E-state index >= 15 is 0 Å². The van der Waals surface area contributed by atoms with E-state index in [9.17, 15) is 0 Å². The summed E-state index contributed by atoms with van der Waals surface area (Å²) in [5, 5.41) is 1.46. The highest BCUT2D eigenvalue weighted by Gasteiger charge is 2.35. The monoisotopic (exact) mass is 249 g/mol. The highest BCUT2D eigenvalue weighted by Crippen LogP contribution is 2.37. The number of aromatic nitrogens is 1. The van der Waals surface area contributed by atoms with Gasteiger partial charge in [-0.05, 0) is 30.4 Å². The molecular formula is C12H19NOSi2. The van der Waals surface area contributed by atoms with Crippen LogP contribution in [0.2, 0.25) is 32.7 Å². The minimum atomic E-state index is -1.68. The van der Waals surface area contributed by atoms with Crippen LogP contribution in [0.1, 0.15) is 5.69 Å². The summed E-state index contributed by atoms with van der Waals surface area (Å²) in [7, 11) is -3.02. The van der Waals surface area contributed by atoms with E-state index < -0.39 is 16.4 Å². The Morgan fingerprint density at radius 3 is 2.56 bits per heavy atom. The molecule has 0 amide bonds. The highest BCUT2D eigenvalue weighted by molar-refractivity contribution is 6.96. The van der Waals surface area contributed by atoms with E-state index in [0.717, 1.165) is 11.4 Å². The van der Waals surface area contributed by atoms with Crippen LogP contribution in [-0.4, -0.2) is 21.4 Å². The fourth-order valence-corrected chi connectivity index (χ4v) is 7.27. The van der Waals surface area contributed by atoms with Crippen molar-refractivity contribution in [3.8, 4) is 5.75 Å². The molecular weight excluding hydrogens is 230 g/mol. The normalized spacial score (nSPS) is 18.4. The van der Waals surface area contributed by atoms with Gasteiger partial charge in [-0.1, -0.05) is 25.3 Å². The van der Waals surface area contributed by atoms with Crippen molar-refractivity contribution in [1.82, 2.24) is 4.98 Å². The molecule has 0 unspecified atom stereocenters. The molecule has 4 heteroatoms. The lowest BCUT2D eigenvalue weighted by Gasteiger charge is -2.33.